The Morgan fingerprint density at radius 2 is 2.17 bits per heavy atom. The maximum Gasteiger partial charge on any atom is 0.191 e. The van der Waals surface area contributed by atoms with Crippen LogP contribution in [0.3, 0.4) is 0 Å². The molecule has 1 heterocycles. The number of aromatic nitrogens is 1. The van der Waals surface area contributed by atoms with Crippen LogP contribution in [0.25, 0.3) is 0 Å². The lowest BCUT2D eigenvalue weighted by Crippen LogP contribution is -2.38. The zero-order valence-corrected chi connectivity index (χ0v) is 17.1. The molecule has 0 fully saturated rings. The fraction of sp³-hybridized carbons (Fsp3) is 0.375. The first kappa shape index (κ1) is 19.0. The summed E-state index contributed by atoms with van der Waals surface area (Å²) < 4.78 is 1.07. The number of nitrogens with zero attached hydrogens (tertiary/aromatic N) is 3. The molecule has 0 aliphatic carbocycles. The van der Waals surface area contributed by atoms with Crippen LogP contribution < -0.4 is 15.5 Å². The van der Waals surface area contributed by atoms with E-state index in [4.69, 9.17) is 11.6 Å². The monoisotopic (exact) mass is 429 g/mol. The third-order valence-corrected chi connectivity index (χ3v) is 5.34. The lowest BCUT2D eigenvalue weighted by molar-refractivity contribution is 0.785. The van der Waals surface area contributed by atoms with E-state index in [1.165, 1.54) is 5.56 Å². The summed E-state index contributed by atoms with van der Waals surface area (Å²) in [5.74, 6) is 0.757. The zero-order chi connectivity index (χ0) is 17.5. The van der Waals surface area contributed by atoms with Gasteiger partial charge in [0, 0.05) is 42.6 Å². The lowest BCUT2D eigenvalue weighted by atomic mass is 10.1. The normalized spacial score (nSPS) is 11.5. The minimum Gasteiger partial charge on any atom is -0.356 e. The fourth-order valence-electron chi connectivity index (χ4n) is 2.03. The standard InChI is InChI=1S/C16H21BrClN5S/c1-19-15(21-9-13-10-24-16(22-13)23(2)3)20-7-6-11-8-12(18)4-5-14(11)17/h4-5,8,10H,6-7,9H2,1-3H3,(H2,19,20,21). The van der Waals surface area contributed by atoms with E-state index in [0.29, 0.717) is 6.54 Å². The van der Waals surface area contributed by atoms with Gasteiger partial charge in [-0.2, -0.15) is 0 Å². The van der Waals surface area contributed by atoms with E-state index in [1.807, 2.05) is 37.2 Å². The minimum absolute atomic E-state index is 0.644. The summed E-state index contributed by atoms with van der Waals surface area (Å²) in [5.41, 5.74) is 2.17. The molecule has 8 heteroatoms. The van der Waals surface area contributed by atoms with E-state index in [1.54, 1.807) is 18.4 Å². The van der Waals surface area contributed by atoms with Crippen molar-refractivity contribution in [2.45, 2.75) is 13.0 Å². The molecule has 130 valence electrons. The van der Waals surface area contributed by atoms with Gasteiger partial charge in [-0.1, -0.05) is 27.5 Å². The number of aliphatic imine (C=N–C) groups is 1. The number of guanidine groups is 1. The highest BCUT2D eigenvalue weighted by molar-refractivity contribution is 9.10. The van der Waals surface area contributed by atoms with E-state index in [2.05, 4.69) is 41.9 Å². The number of thiazole rings is 1. The lowest BCUT2D eigenvalue weighted by Gasteiger charge is -2.12. The molecule has 0 bridgehead atoms. The molecule has 0 aliphatic heterocycles. The highest BCUT2D eigenvalue weighted by Gasteiger charge is 2.05. The maximum absolute atomic E-state index is 6.04. The van der Waals surface area contributed by atoms with Crippen LogP contribution in [0.4, 0.5) is 5.13 Å². The first-order chi connectivity index (χ1) is 11.5. The SMILES string of the molecule is CN=C(NCCc1cc(Cl)ccc1Br)NCc1csc(N(C)C)n1. The van der Waals surface area contributed by atoms with Gasteiger partial charge in [0.15, 0.2) is 11.1 Å². The van der Waals surface area contributed by atoms with Gasteiger partial charge in [-0.25, -0.2) is 4.98 Å². The van der Waals surface area contributed by atoms with Crippen LogP contribution in [0.15, 0.2) is 33.0 Å². The van der Waals surface area contributed by atoms with E-state index in [0.717, 1.165) is 39.2 Å². The molecule has 0 amide bonds. The third kappa shape index (κ3) is 5.65. The molecule has 0 spiro atoms. The summed E-state index contributed by atoms with van der Waals surface area (Å²) in [6.45, 7) is 1.41. The second kappa shape index (κ2) is 9.25. The summed E-state index contributed by atoms with van der Waals surface area (Å²) in [6.07, 6.45) is 0.851. The minimum atomic E-state index is 0.644. The molecule has 0 atom stereocenters. The Kier molecular flexibility index (Phi) is 7.33. The summed E-state index contributed by atoms with van der Waals surface area (Å²) >= 11 is 11.2. The van der Waals surface area contributed by atoms with E-state index in [9.17, 15) is 0 Å². The highest BCUT2D eigenvalue weighted by atomic mass is 79.9. The topological polar surface area (TPSA) is 52.6 Å². The van der Waals surface area contributed by atoms with Crippen molar-refractivity contribution in [3.8, 4) is 0 Å². The first-order valence-electron chi connectivity index (χ1n) is 7.49. The van der Waals surface area contributed by atoms with Crippen molar-refractivity contribution in [2.75, 3.05) is 32.6 Å². The number of hydrogen-bond donors (Lipinski definition) is 2. The average molecular weight is 431 g/mol. The number of anilines is 1. The number of benzene rings is 1. The van der Waals surface area contributed by atoms with Gasteiger partial charge in [-0.15, -0.1) is 11.3 Å². The smallest absolute Gasteiger partial charge is 0.191 e. The summed E-state index contributed by atoms with van der Waals surface area (Å²) in [5, 5.41) is 10.4. The van der Waals surface area contributed by atoms with Crippen molar-refractivity contribution in [1.82, 2.24) is 15.6 Å². The van der Waals surface area contributed by atoms with Crippen LogP contribution in [0.5, 0.6) is 0 Å². The quantitative estimate of drug-likeness (QED) is 0.544. The Labute approximate surface area is 160 Å². The Morgan fingerprint density at radius 3 is 2.83 bits per heavy atom. The second-order valence-corrected chi connectivity index (χ2v) is 7.48. The van der Waals surface area contributed by atoms with Crippen molar-refractivity contribution in [3.63, 3.8) is 0 Å². The second-order valence-electron chi connectivity index (χ2n) is 5.35. The Hall–Kier alpha value is -1.31. The molecule has 1 aromatic heterocycles. The van der Waals surface area contributed by atoms with Crippen molar-refractivity contribution in [1.29, 1.82) is 0 Å². The van der Waals surface area contributed by atoms with Gasteiger partial charge < -0.3 is 15.5 Å². The predicted molar refractivity (Wildman–Crippen MR) is 107 cm³/mol. The van der Waals surface area contributed by atoms with Crippen molar-refractivity contribution >= 4 is 50.0 Å². The van der Waals surface area contributed by atoms with Gasteiger partial charge in [0.25, 0.3) is 0 Å². The van der Waals surface area contributed by atoms with Crippen molar-refractivity contribution in [3.05, 3.63) is 44.3 Å². The molecule has 2 N–H and O–H groups in total. The van der Waals surface area contributed by atoms with Gasteiger partial charge in [0.1, 0.15) is 0 Å². The summed E-state index contributed by atoms with van der Waals surface area (Å²) in [7, 11) is 5.74. The van der Waals surface area contributed by atoms with Crippen molar-refractivity contribution in [2.24, 2.45) is 4.99 Å². The van der Waals surface area contributed by atoms with Crippen LogP contribution in [-0.2, 0) is 13.0 Å². The van der Waals surface area contributed by atoms with Gasteiger partial charge in [-0.05, 0) is 30.2 Å². The summed E-state index contributed by atoms with van der Waals surface area (Å²) in [6, 6.07) is 5.82. The molecule has 0 unspecified atom stereocenters. The Balaban J connectivity index is 1.81. The van der Waals surface area contributed by atoms with E-state index in [-0.39, 0.29) is 0 Å². The number of nitrogens with one attached hydrogen (secondary N) is 2. The molecule has 2 rings (SSSR count). The largest absolute Gasteiger partial charge is 0.356 e. The Morgan fingerprint density at radius 1 is 1.38 bits per heavy atom. The molecular formula is C16H21BrClN5S. The number of hydrogen-bond acceptors (Lipinski definition) is 4. The molecule has 1 aromatic carbocycles. The van der Waals surface area contributed by atoms with Gasteiger partial charge >= 0.3 is 0 Å². The third-order valence-electron chi connectivity index (χ3n) is 3.28. The predicted octanol–water partition coefficient (Wildman–Crippen LogP) is 3.53. The molecule has 0 radical (unpaired) electrons. The van der Waals surface area contributed by atoms with Crippen LogP contribution in [0, 0.1) is 0 Å². The molecule has 0 aliphatic rings. The molecule has 0 saturated carbocycles. The highest BCUT2D eigenvalue weighted by Crippen LogP contribution is 2.21. The van der Waals surface area contributed by atoms with Crippen LogP contribution in [-0.4, -0.2) is 38.6 Å². The van der Waals surface area contributed by atoms with Crippen LogP contribution >= 0.6 is 38.9 Å². The molecule has 0 saturated heterocycles. The van der Waals surface area contributed by atoms with E-state index >= 15 is 0 Å². The van der Waals surface area contributed by atoms with Crippen molar-refractivity contribution < 1.29 is 0 Å². The fourth-order valence-corrected chi connectivity index (χ4v) is 3.43. The molecule has 2 aromatic rings. The maximum atomic E-state index is 6.04. The summed E-state index contributed by atoms with van der Waals surface area (Å²) in [4.78, 5) is 10.8. The molecular weight excluding hydrogens is 410 g/mol. The zero-order valence-electron chi connectivity index (χ0n) is 13.9. The van der Waals surface area contributed by atoms with Crippen LogP contribution in [0.1, 0.15) is 11.3 Å². The van der Waals surface area contributed by atoms with Gasteiger partial charge in [0.05, 0.1) is 12.2 Å². The van der Waals surface area contributed by atoms with Gasteiger partial charge in [0.2, 0.25) is 0 Å². The van der Waals surface area contributed by atoms with E-state index < -0.39 is 0 Å². The number of halogens is 2. The number of rotatable bonds is 6. The van der Waals surface area contributed by atoms with Gasteiger partial charge in [-0.3, -0.25) is 4.99 Å². The molecule has 24 heavy (non-hydrogen) atoms. The van der Waals surface area contributed by atoms with Crippen LogP contribution in [0.2, 0.25) is 5.02 Å². The first-order valence-corrected chi connectivity index (χ1v) is 9.55. The molecule has 5 nitrogen and oxygen atoms in total. The average Bonchev–Trinajstić information content (AvgIpc) is 3.03. The Bertz CT molecular complexity index is 702.